The lowest BCUT2D eigenvalue weighted by Crippen LogP contribution is -1.96. The zero-order valence-electron chi connectivity index (χ0n) is 7.93. The van der Waals surface area contributed by atoms with E-state index < -0.39 is 5.97 Å². The Kier molecular flexibility index (Phi) is 4.05. The number of aldehydes is 2. The van der Waals surface area contributed by atoms with E-state index in [0.717, 1.165) is 12.0 Å². The summed E-state index contributed by atoms with van der Waals surface area (Å²) >= 11 is 0.770. The third-order valence-corrected chi connectivity index (χ3v) is 2.45. The van der Waals surface area contributed by atoms with E-state index in [1.807, 2.05) is 0 Å². The Balaban J connectivity index is 3.00. The van der Waals surface area contributed by atoms with Crippen LogP contribution in [0.2, 0.25) is 0 Å². The molecule has 0 fully saturated rings. The summed E-state index contributed by atoms with van der Waals surface area (Å²) in [7, 11) is 0. The van der Waals surface area contributed by atoms with Gasteiger partial charge in [-0.2, -0.15) is 0 Å². The SMILES string of the molecule is CC(=O)OSc1cccc(C=O)c1C=O. The second-order valence-corrected chi connectivity index (χ2v) is 3.43. The lowest BCUT2D eigenvalue weighted by atomic mass is 10.1. The van der Waals surface area contributed by atoms with E-state index in [2.05, 4.69) is 4.18 Å². The second-order valence-electron chi connectivity index (χ2n) is 2.65. The molecule has 15 heavy (non-hydrogen) atoms. The van der Waals surface area contributed by atoms with Crippen LogP contribution in [-0.2, 0) is 8.98 Å². The van der Waals surface area contributed by atoms with Crippen LogP contribution in [0, 0.1) is 0 Å². The summed E-state index contributed by atoms with van der Waals surface area (Å²) in [6, 6.07) is 4.74. The summed E-state index contributed by atoms with van der Waals surface area (Å²) in [5, 5.41) is 0. The molecule has 0 aliphatic rings. The van der Waals surface area contributed by atoms with Gasteiger partial charge in [0.05, 0.1) is 16.9 Å². The molecular weight excluding hydrogens is 216 g/mol. The van der Waals surface area contributed by atoms with Crippen LogP contribution in [0.1, 0.15) is 27.6 Å². The Morgan fingerprint density at radius 1 is 1.33 bits per heavy atom. The molecule has 5 heteroatoms. The average molecular weight is 224 g/mol. The normalized spacial score (nSPS) is 9.40. The summed E-state index contributed by atoms with van der Waals surface area (Å²) in [6.07, 6.45) is 1.15. The fourth-order valence-electron chi connectivity index (χ4n) is 0.966. The summed E-state index contributed by atoms with van der Waals surface area (Å²) in [5.74, 6) is -0.464. The first-order valence-corrected chi connectivity index (χ1v) is 4.81. The number of benzene rings is 1. The highest BCUT2D eigenvalue weighted by atomic mass is 32.2. The van der Waals surface area contributed by atoms with Crippen molar-refractivity contribution < 1.29 is 18.6 Å². The van der Waals surface area contributed by atoms with Gasteiger partial charge in [0.25, 0.3) is 0 Å². The van der Waals surface area contributed by atoms with Gasteiger partial charge >= 0.3 is 5.97 Å². The molecule has 0 atom stereocenters. The lowest BCUT2D eigenvalue weighted by Gasteiger charge is -2.04. The molecule has 1 aromatic rings. The smallest absolute Gasteiger partial charge is 0.315 e. The molecule has 0 radical (unpaired) electrons. The number of carbonyl (C=O) groups is 3. The van der Waals surface area contributed by atoms with E-state index in [9.17, 15) is 14.4 Å². The molecule has 0 bridgehead atoms. The van der Waals surface area contributed by atoms with E-state index in [1.165, 1.54) is 13.0 Å². The zero-order chi connectivity index (χ0) is 11.3. The maximum Gasteiger partial charge on any atom is 0.315 e. The minimum atomic E-state index is -0.464. The van der Waals surface area contributed by atoms with E-state index in [4.69, 9.17) is 0 Å². The summed E-state index contributed by atoms with van der Waals surface area (Å²) in [5.41, 5.74) is 0.515. The molecule has 0 saturated carbocycles. The highest BCUT2D eigenvalue weighted by Crippen LogP contribution is 2.24. The molecule has 0 amide bonds. The van der Waals surface area contributed by atoms with Gasteiger partial charge in [-0.1, -0.05) is 12.1 Å². The van der Waals surface area contributed by atoms with Gasteiger partial charge in [0.2, 0.25) is 0 Å². The van der Waals surface area contributed by atoms with Crippen molar-refractivity contribution in [2.75, 3.05) is 0 Å². The third kappa shape index (κ3) is 2.92. The first kappa shape index (κ1) is 11.5. The molecule has 0 heterocycles. The van der Waals surface area contributed by atoms with Gasteiger partial charge in [0.15, 0.2) is 12.6 Å². The van der Waals surface area contributed by atoms with Gasteiger partial charge in [0, 0.05) is 18.1 Å². The van der Waals surface area contributed by atoms with Gasteiger partial charge in [0.1, 0.15) is 0 Å². The molecule has 0 N–H and O–H groups in total. The highest BCUT2D eigenvalue weighted by molar-refractivity contribution is 7.95. The predicted molar refractivity (Wildman–Crippen MR) is 54.8 cm³/mol. The Hall–Kier alpha value is -1.62. The molecular formula is C10H8O4S. The largest absolute Gasteiger partial charge is 0.386 e. The Labute approximate surface area is 90.8 Å². The van der Waals surface area contributed by atoms with Crippen LogP contribution in [0.15, 0.2) is 23.1 Å². The maximum atomic E-state index is 10.7. The van der Waals surface area contributed by atoms with Crippen molar-refractivity contribution in [2.45, 2.75) is 11.8 Å². The number of hydrogen-bond donors (Lipinski definition) is 0. The quantitative estimate of drug-likeness (QED) is 0.577. The number of rotatable bonds is 4. The molecule has 0 aliphatic carbocycles. The van der Waals surface area contributed by atoms with Crippen LogP contribution in [0.5, 0.6) is 0 Å². The summed E-state index contributed by atoms with van der Waals surface area (Å²) < 4.78 is 4.67. The highest BCUT2D eigenvalue weighted by Gasteiger charge is 2.09. The van der Waals surface area contributed by atoms with Crippen molar-refractivity contribution in [2.24, 2.45) is 0 Å². The molecule has 4 nitrogen and oxygen atoms in total. The molecule has 78 valence electrons. The monoisotopic (exact) mass is 224 g/mol. The molecule has 0 saturated heterocycles. The molecule has 0 unspecified atom stereocenters. The lowest BCUT2D eigenvalue weighted by molar-refractivity contribution is -0.130. The van der Waals surface area contributed by atoms with Crippen LogP contribution >= 0.6 is 12.0 Å². The fraction of sp³-hybridized carbons (Fsp3) is 0.100. The van der Waals surface area contributed by atoms with E-state index >= 15 is 0 Å². The fourth-order valence-corrected chi connectivity index (χ4v) is 1.56. The summed E-state index contributed by atoms with van der Waals surface area (Å²) in [6.45, 7) is 1.26. The van der Waals surface area contributed by atoms with E-state index in [0.29, 0.717) is 17.5 Å². The van der Waals surface area contributed by atoms with Gasteiger partial charge in [-0.15, -0.1) is 0 Å². The Bertz CT molecular complexity index is 400. The van der Waals surface area contributed by atoms with Crippen molar-refractivity contribution in [3.63, 3.8) is 0 Å². The molecule has 0 aliphatic heterocycles. The maximum absolute atomic E-state index is 10.7. The van der Waals surface area contributed by atoms with Gasteiger partial charge in [-0.25, -0.2) is 0 Å². The zero-order valence-corrected chi connectivity index (χ0v) is 8.74. The van der Waals surface area contributed by atoms with Crippen molar-refractivity contribution in [1.29, 1.82) is 0 Å². The number of carbonyl (C=O) groups excluding carboxylic acids is 3. The van der Waals surface area contributed by atoms with Crippen LogP contribution < -0.4 is 0 Å². The van der Waals surface area contributed by atoms with E-state index in [-0.39, 0.29) is 11.1 Å². The average Bonchev–Trinajstić information content (AvgIpc) is 2.25. The Morgan fingerprint density at radius 3 is 2.60 bits per heavy atom. The topological polar surface area (TPSA) is 60.4 Å². The Morgan fingerprint density at radius 2 is 2.07 bits per heavy atom. The molecule has 1 aromatic carbocycles. The summed E-state index contributed by atoms with van der Waals surface area (Å²) in [4.78, 5) is 32.4. The first-order chi connectivity index (χ1) is 7.19. The standard InChI is InChI=1S/C10H8O4S/c1-7(13)14-15-10-4-2-3-8(5-11)9(10)6-12/h2-6H,1H3. The molecule has 0 aromatic heterocycles. The van der Waals surface area contributed by atoms with E-state index in [1.54, 1.807) is 12.1 Å². The molecule has 0 spiro atoms. The molecule has 1 rings (SSSR count). The minimum absolute atomic E-state index is 0.235. The van der Waals surface area contributed by atoms with Gasteiger partial charge < -0.3 is 4.18 Å². The van der Waals surface area contributed by atoms with Crippen molar-refractivity contribution in [1.82, 2.24) is 0 Å². The van der Waals surface area contributed by atoms with Crippen LogP contribution in [0.4, 0.5) is 0 Å². The van der Waals surface area contributed by atoms with Crippen molar-refractivity contribution in [3.8, 4) is 0 Å². The van der Waals surface area contributed by atoms with Crippen molar-refractivity contribution >= 4 is 30.6 Å². The number of hydrogen-bond acceptors (Lipinski definition) is 5. The van der Waals surface area contributed by atoms with Crippen LogP contribution in [0.3, 0.4) is 0 Å². The second kappa shape index (κ2) is 5.31. The van der Waals surface area contributed by atoms with Gasteiger partial charge in [-0.05, 0) is 6.07 Å². The van der Waals surface area contributed by atoms with Gasteiger partial charge in [-0.3, -0.25) is 14.4 Å². The third-order valence-electron chi connectivity index (χ3n) is 1.59. The van der Waals surface area contributed by atoms with Crippen LogP contribution in [0.25, 0.3) is 0 Å². The minimum Gasteiger partial charge on any atom is -0.386 e. The predicted octanol–water partition coefficient (Wildman–Crippen LogP) is 1.88. The van der Waals surface area contributed by atoms with Crippen molar-refractivity contribution in [3.05, 3.63) is 29.3 Å². The first-order valence-electron chi connectivity index (χ1n) is 4.07. The van der Waals surface area contributed by atoms with Crippen LogP contribution in [-0.4, -0.2) is 18.5 Å².